The van der Waals surface area contributed by atoms with Crippen LogP contribution < -0.4 is 10.4 Å². The lowest BCUT2D eigenvalue weighted by Crippen LogP contribution is -2.65. The van der Waals surface area contributed by atoms with Crippen LogP contribution in [0.3, 0.4) is 0 Å². The van der Waals surface area contributed by atoms with Crippen LogP contribution in [0.15, 0.2) is 81.9 Å². The fraction of sp³-hybridized carbons (Fsp3) is 0.357. The monoisotopic (exact) mass is 507 g/mol. The number of fused-ring (bicyclic) bond motifs is 3. The van der Waals surface area contributed by atoms with Crippen molar-refractivity contribution in [1.29, 1.82) is 0 Å². The van der Waals surface area contributed by atoms with E-state index in [2.05, 4.69) is 37.1 Å². The molecule has 1 amide bonds. The molecule has 0 radical (unpaired) electrons. The Labute approximate surface area is 214 Å². The molecule has 0 spiro atoms. The average molecular weight is 508 g/mol. The van der Waals surface area contributed by atoms with Crippen molar-refractivity contribution in [1.82, 2.24) is 9.58 Å². The number of halogens is 1. The van der Waals surface area contributed by atoms with Gasteiger partial charge in [0.25, 0.3) is 5.91 Å². The van der Waals surface area contributed by atoms with Gasteiger partial charge in [-0.1, -0.05) is 50.3 Å². The molecule has 1 N–H and O–H groups in total. The minimum atomic E-state index is -0.574. The molecule has 5 rings (SSSR count). The number of carbonyl (C=O) groups excluding carboxylic acids is 1. The number of aromatic hydroxyl groups is 1. The number of amides is 1. The molecule has 2 aromatic rings. The van der Waals surface area contributed by atoms with Gasteiger partial charge in [-0.05, 0) is 48.5 Å². The van der Waals surface area contributed by atoms with Crippen LogP contribution in [0.4, 0.5) is 4.39 Å². The maximum atomic E-state index is 13.6. The molecule has 2 atom stereocenters. The van der Waals surface area contributed by atoms with Gasteiger partial charge in [-0.15, -0.1) is 11.8 Å². The summed E-state index contributed by atoms with van der Waals surface area (Å²) < 4.78 is 15.0. The first kappa shape index (κ1) is 24.4. The standard InChI is InChI=1S/C28H30FN3O3S/c1-18(29)7-6-8-19-15-21(20-9-4-5-10-23(20)36-17-19)32-24-16-28(2,3)12-14-30(24)27(35)25-26(34)22(33)11-13-31(25)32/h4-11,13,15,21,24,34H,12,14,16-17H2,1-3H3/b8-6-,18-7+/t21-,24?/m0/s1. The Balaban J connectivity index is 1.73. The van der Waals surface area contributed by atoms with E-state index in [0.29, 0.717) is 12.3 Å². The van der Waals surface area contributed by atoms with Crippen molar-refractivity contribution in [3.63, 3.8) is 0 Å². The number of nitrogens with zero attached hydrogens (tertiary/aromatic N) is 3. The summed E-state index contributed by atoms with van der Waals surface area (Å²) in [5.41, 5.74) is 1.52. The van der Waals surface area contributed by atoms with Crippen molar-refractivity contribution in [2.24, 2.45) is 5.41 Å². The van der Waals surface area contributed by atoms with Gasteiger partial charge in [0.2, 0.25) is 5.43 Å². The van der Waals surface area contributed by atoms with Crippen molar-refractivity contribution in [2.75, 3.05) is 17.3 Å². The second-order valence-corrected chi connectivity index (χ2v) is 11.3. The number of hydrogen-bond donors (Lipinski definition) is 1. The average Bonchev–Trinajstić information content (AvgIpc) is 3.00. The molecule has 6 nitrogen and oxygen atoms in total. The van der Waals surface area contributed by atoms with E-state index in [1.54, 1.807) is 33.6 Å². The number of thioether (sulfide) groups is 1. The fourth-order valence-corrected chi connectivity index (χ4v) is 6.29. The summed E-state index contributed by atoms with van der Waals surface area (Å²) in [6.07, 6.45) is 10.1. The van der Waals surface area contributed by atoms with Gasteiger partial charge in [-0.3, -0.25) is 19.3 Å². The van der Waals surface area contributed by atoms with Crippen LogP contribution in [0.1, 0.15) is 55.7 Å². The van der Waals surface area contributed by atoms with Crippen molar-refractivity contribution < 1.29 is 14.3 Å². The van der Waals surface area contributed by atoms with E-state index in [4.69, 9.17) is 0 Å². The zero-order valence-corrected chi connectivity index (χ0v) is 21.5. The maximum absolute atomic E-state index is 13.6. The lowest BCUT2D eigenvalue weighted by atomic mass is 9.80. The van der Waals surface area contributed by atoms with Crippen molar-refractivity contribution >= 4 is 17.7 Å². The van der Waals surface area contributed by atoms with Crippen LogP contribution in [0.5, 0.6) is 5.75 Å². The minimum Gasteiger partial charge on any atom is -0.502 e. The number of rotatable bonds is 3. The predicted molar refractivity (Wildman–Crippen MR) is 140 cm³/mol. The number of aromatic nitrogens is 1. The minimum absolute atomic E-state index is 0.00526. The topological polar surface area (TPSA) is 65.8 Å². The van der Waals surface area contributed by atoms with Gasteiger partial charge in [0.15, 0.2) is 11.4 Å². The van der Waals surface area contributed by atoms with E-state index in [9.17, 15) is 19.1 Å². The first-order chi connectivity index (χ1) is 17.2. The van der Waals surface area contributed by atoms with Crippen LogP contribution in [0, 0.1) is 5.41 Å². The molecule has 3 aliphatic heterocycles. The fourth-order valence-electron chi connectivity index (χ4n) is 5.24. The molecule has 0 aliphatic carbocycles. The van der Waals surface area contributed by atoms with Crippen LogP contribution in [-0.2, 0) is 0 Å². The third kappa shape index (κ3) is 4.39. The largest absolute Gasteiger partial charge is 0.502 e. The predicted octanol–water partition coefficient (Wildman–Crippen LogP) is 5.30. The van der Waals surface area contributed by atoms with Crippen molar-refractivity contribution in [2.45, 2.75) is 50.7 Å². The van der Waals surface area contributed by atoms with E-state index in [0.717, 1.165) is 28.9 Å². The highest BCUT2D eigenvalue weighted by molar-refractivity contribution is 7.99. The Kier molecular flexibility index (Phi) is 6.32. The van der Waals surface area contributed by atoms with Gasteiger partial charge in [0.05, 0.1) is 11.9 Å². The van der Waals surface area contributed by atoms with Gasteiger partial charge in [0, 0.05) is 29.5 Å². The van der Waals surface area contributed by atoms with E-state index < -0.39 is 11.2 Å². The SMILES string of the molecule is C/C(F)=C\C=C/C1=C[C@H](N2C3CC(C)(C)CCN3C(=O)c3c(O)c(=O)ccn32)c2ccccc2SC1. The van der Waals surface area contributed by atoms with Gasteiger partial charge >= 0.3 is 0 Å². The molecule has 1 saturated heterocycles. The number of carbonyl (C=O) groups is 1. The smallest absolute Gasteiger partial charge is 0.278 e. The van der Waals surface area contributed by atoms with Crippen LogP contribution in [0.25, 0.3) is 0 Å². The third-order valence-electron chi connectivity index (χ3n) is 7.12. The molecule has 1 aromatic carbocycles. The third-order valence-corrected chi connectivity index (χ3v) is 8.28. The lowest BCUT2D eigenvalue weighted by Gasteiger charge is -2.54. The Morgan fingerprint density at radius 3 is 2.78 bits per heavy atom. The highest BCUT2D eigenvalue weighted by Gasteiger charge is 2.47. The summed E-state index contributed by atoms with van der Waals surface area (Å²) in [5, 5.41) is 12.8. The molecule has 36 heavy (non-hydrogen) atoms. The van der Waals surface area contributed by atoms with Crippen molar-refractivity contribution in [3.8, 4) is 5.75 Å². The summed E-state index contributed by atoms with van der Waals surface area (Å²) in [6.45, 7) is 6.36. The highest BCUT2D eigenvalue weighted by atomic mass is 32.2. The van der Waals surface area contributed by atoms with Gasteiger partial charge in [-0.2, -0.15) is 0 Å². The Hall–Kier alpha value is -3.26. The van der Waals surface area contributed by atoms with E-state index >= 15 is 0 Å². The van der Waals surface area contributed by atoms with Gasteiger partial charge < -0.3 is 10.0 Å². The Morgan fingerprint density at radius 2 is 2.00 bits per heavy atom. The number of allylic oxidation sites excluding steroid dienone is 4. The Bertz CT molecular complexity index is 1360. The molecule has 3 aliphatic rings. The Morgan fingerprint density at radius 1 is 1.22 bits per heavy atom. The van der Waals surface area contributed by atoms with Crippen molar-refractivity contribution in [3.05, 3.63) is 93.7 Å². The molecule has 1 aromatic heterocycles. The van der Waals surface area contributed by atoms with E-state index in [-0.39, 0.29) is 35.1 Å². The van der Waals surface area contributed by atoms with Crippen LogP contribution in [0.2, 0.25) is 0 Å². The molecule has 0 saturated carbocycles. The summed E-state index contributed by atoms with van der Waals surface area (Å²) in [7, 11) is 0. The van der Waals surface area contributed by atoms with Gasteiger partial charge in [-0.25, -0.2) is 4.39 Å². The maximum Gasteiger partial charge on any atom is 0.278 e. The quantitative estimate of drug-likeness (QED) is 0.572. The summed E-state index contributed by atoms with van der Waals surface area (Å²) in [4.78, 5) is 28.8. The normalized spacial score (nSPS) is 23.6. The summed E-state index contributed by atoms with van der Waals surface area (Å²) in [5.74, 6) is -0.417. The second-order valence-electron chi connectivity index (χ2n) is 10.3. The highest BCUT2D eigenvalue weighted by Crippen LogP contribution is 2.44. The summed E-state index contributed by atoms with van der Waals surface area (Å²) in [6, 6.07) is 9.18. The second kappa shape index (κ2) is 9.32. The molecule has 188 valence electrons. The number of hydrogen-bond acceptors (Lipinski definition) is 5. The molecule has 0 bridgehead atoms. The number of benzene rings is 1. The molecule has 4 heterocycles. The van der Waals surface area contributed by atoms with E-state index in [1.165, 1.54) is 19.1 Å². The lowest BCUT2D eigenvalue weighted by molar-refractivity contribution is 0.0246. The van der Waals surface area contributed by atoms with Crippen LogP contribution in [-0.4, -0.2) is 39.1 Å². The zero-order valence-electron chi connectivity index (χ0n) is 20.6. The molecular weight excluding hydrogens is 477 g/mol. The van der Waals surface area contributed by atoms with Crippen LogP contribution >= 0.6 is 11.8 Å². The molecule has 1 unspecified atom stereocenters. The summed E-state index contributed by atoms with van der Waals surface area (Å²) >= 11 is 1.71. The number of piperidine rings is 1. The first-order valence-electron chi connectivity index (χ1n) is 12.1. The zero-order chi connectivity index (χ0) is 25.6. The molecule has 1 fully saturated rings. The molecular formula is C28H30FN3O3S. The van der Waals surface area contributed by atoms with Gasteiger partial charge in [0.1, 0.15) is 6.17 Å². The number of pyridine rings is 1. The van der Waals surface area contributed by atoms with E-state index in [1.807, 2.05) is 18.2 Å². The first-order valence-corrected chi connectivity index (χ1v) is 13.1. The molecule has 8 heteroatoms.